The maximum absolute atomic E-state index is 5.49. The zero-order valence-electron chi connectivity index (χ0n) is 14.3. The first-order chi connectivity index (χ1) is 10.6. The average Bonchev–Trinajstić information content (AvgIpc) is 2.89. The molecule has 124 valence electrons. The predicted octanol–water partition coefficient (Wildman–Crippen LogP) is 2.89. The van der Waals surface area contributed by atoms with Crippen LogP contribution in [0.2, 0.25) is 0 Å². The van der Waals surface area contributed by atoms with Gasteiger partial charge in [0, 0.05) is 32.8 Å². The highest BCUT2D eigenvalue weighted by Crippen LogP contribution is 2.28. The van der Waals surface area contributed by atoms with Gasteiger partial charge in [-0.3, -0.25) is 4.57 Å². The van der Waals surface area contributed by atoms with Crippen LogP contribution >= 0.6 is 0 Å². The fourth-order valence-electron chi connectivity index (χ4n) is 3.74. The standard InChI is InChI=1S/C17H30N4O/c1-13(2)16-5-4-8-20(12-16)17-19-18-14(3)21(17)11-15-6-9-22-10-7-15/h13,15-16H,4-12H2,1-3H3. The monoisotopic (exact) mass is 306 g/mol. The summed E-state index contributed by atoms with van der Waals surface area (Å²) in [5.41, 5.74) is 0. The molecule has 3 heterocycles. The molecule has 5 nitrogen and oxygen atoms in total. The summed E-state index contributed by atoms with van der Waals surface area (Å²) in [5.74, 6) is 4.37. The van der Waals surface area contributed by atoms with Crippen LogP contribution in [0.3, 0.4) is 0 Å². The first-order valence-electron chi connectivity index (χ1n) is 8.87. The van der Waals surface area contributed by atoms with Crippen LogP contribution in [0, 0.1) is 24.7 Å². The molecule has 0 aliphatic carbocycles. The first-order valence-corrected chi connectivity index (χ1v) is 8.87. The summed E-state index contributed by atoms with van der Waals surface area (Å²) in [6, 6.07) is 0. The van der Waals surface area contributed by atoms with Gasteiger partial charge in [-0.25, -0.2) is 0 Å². The van der Waals surface area contributed by atoms with Gasteiger partial charge in [0.2, 0.25) is 5.95 Å². The summed E-state index contributed by atoms with van der Waals surface area (Å²) in [7, 11) is 0. The van der Waals surface area contributed by atoms with Crippen molar-refractivity contribution in [3.63, 3.8) is 0 Å². The van der Waals surface area contributed by atoms with Crippen LogP contribution in [0.1, 0.15) is 45.4 Å². The van der Waals surface area contributed by atoms with Gasteiger partial charge in [-0.2, -0.15) is 0 Å². The Balaban J connectivity index is 1.73. The summed E-state index contributed by atoms with van der Waals surface area (Å²) in [6.45, 7) is 11.9. The van der Waals surface area contributed by atoms with Crippen molar-refractivity contribution in [1.29, 1.82) is 0 Å². The van der Waals surface area contributed by atoms with Crippen molar-refractivity contribution >= 4 is 5.95 Å². The van der Waals surface area contributed by atoms with Crippen molar-refractivity contribution in [1.82, 2.24) is 14.8 Å². The van der Waals surface area contributed by atoms with Crippen molar-refractivity contribution in [3.05, 3.63) is 5.82 Å². The predicted molar refractivity (Wildman–Crippen MR) is 88.1 cm³/mol. The zero-order chi connectivity index (χ0) is 15.5. The first kappa shape index (κ1) is 15.8. The Kier molecular flexibility index (Phi) is 5.01. The van der Waals surface area contributed by atoms with Crippen LogP contribution in [0.4, 0.5) is 5.95 Å². The number of piperidine rings is 1. The second-order valence-electron chi connectivity index (χ2n) is 7.31. The van der Waals surface area contributed by atoms with Gasteiger partial charge in [0.1, 0.15) is 5.82 Å². The highest BCUT2D eigenvalue weighted by Gasteiger charge is 2.27. The molecule has 5 heteroatoms. The van der Waals surface area contributed by atoms with E-state index in [9.17, 15) is 0 Å². The minimum atomic E-state index is 0.702. The van der Waals surface area contributed by atoms with Crippen LogP contribution in [-0.4, -0.2) is 41.1 Å². The molecule has 0 aromatic carbocycles. The molecule has 1 aromatic rings. The number of anilines is 1. The molecule has 0 amide bonds. The smallest absolute Gasteiger partial charge is 0.227 e. The fourth-order valence-corrected chi connectivity index (χ4v) is 3.74. The van der Waals surface area contributed by atoms with Crippen LogP contribution in [-0.2, 0) is 11.3 Å². The molecule has 1 unspecified atom stereocenters. The lowest BCUT2D eigenvalue weighted by Crippen LogP contribution is -2.39. The lowest BCUT2D eigenvalue weighted by Gasteiger charge is -2.35. The Morgan fingerprint density at radius 3 is 2.68 bits per heavy atom. The highest BCUT2D eigenvalue weighted by molar-refractivity contribution is 5.32. The largest absolute Gasteiger partial charge is 0.381 e. The Hall–Kier alpha value is -1.10. The van der Waals surface area contributed by atoms with Crippen molar-refractivity contribution in [2.45, 2.75) is 53.0 Å². The molecule has 2 aliphatic heterocycles. The molecule has 0 radical (unpaired) electrons. The van der Waals surface area contributed by atoms with E-state index in [1.165, 1.54) is 12.8 Å². The molecule has 22 heavy (non-hydrogen) atoms. The zero-order valence-corrected chi connectivity index (χ0v) is 14.3. The van der Waals surface area contributed by atoms with Gasteiger partial charge in [0.25, 0.3) is 0 Å². The normalized spacial score (nSPS) is 24.2. The number of hydrogen-bond donors (Lipinski definition) is 0. The number of ether oxygens (including phenoxy) is 1. The molecule has 1 aromatic heterocycles. The molecular formula is C17H30N4O. The van der Waals surface area contributed by atoms with E-state index in [1.807, 2.05) is 0 Å². The van der Waals surface area contributed by atoms with Crippen molar-refractivity contribution in [2.75, 3.05) is 31.2 Å². The summed E-state index contributed by atoms with van der Waals surface area (Å²) in [6.07, 6.45) is 4.94. The Bertz CT molecular complexity index is 479. The molecule has 0 spiro atoms. The fraction of sp³-hybridized carbons (Fsp3) is 0.882. The van der Waals surface area contributed by atoms with Crippen LogP contribution in [0.15, 0.2) is 0 Å². The van der Waals surface area contributed by atoms with E-state index in [0.29, 0.717) is 5.92 Å². The van der Waals surface area contributed by atoms with Crippen LogP contribution < -0.4 is 4.90 Å². The van der Waals surface area contributed by atoms with E-state index in [4.69, 9.17) is 4.74 Å². The molecule has 2 saturated heterocycles. The minimum Gasteiger partial charge on any atom is -0.381 e. The molecule has 0 saturated carbocycles. The number of aromatic nitrogens is 3. The molecule has 3 rings (SSSR count). The third-order valence-corrected chi connectivity index (χ3v) is 5.38. The summed E-state index contributed by atoms with van der Waals surface area (Å²) in [4.78, 5) is 2.47. The lowest BCUT2D eigenvalue weighted by molar-refractivity contribution is 0.0611. The average molecular weight is 306 g/mol. The van der Waals surface area contributed by atoms with Crippen molar-refractivity contribution < 1.29 is 4.74 Å². The maximum atomic E-state index is 5.49. The number of rotatable bonds is 4. The summed E-state index contributed by atoms with van der Waals surface area (Å²) in [5, 5.41) is 8.87. The number of aryl methyl sites for hydroxylation is 1. The molecule has 2 fully saturated rings. The quantitative estimate of drug-likeness (QED) is 0.858. The van der Waals surface area contributed by atoms with Gasteiger partial charge in [0.15, 0.2) is 0 Å². The van der Waals surface area contributed by atoms with E-state index >= 15 is 0 Å². The van der Waals surface area contributed by atoms with Crippen molar-refractivity contribution in [2.24, 2.45) is 17.8 Å². The minimum absolute atomic E-state index is 0.702. The second-order valence-corrected chi connectivity index (χ2v) is 7.31. The molecule has 2 aliphatic rings. The van der Waals surface area contributed by atoms with E-state index in [1.54, 1.807) is 0 Å². The lowest BCUT2D eigenvalue weighted by atomic mass is 9.88. The third-order valence-electron chi connectivity index (χ3n) is 5.38. The van der Waals surface area contributed by atoms with E-state index in [2.05, 4.69) is 40.4 Å². The van der Waals surface area contributed by atoms with Crippen molar-refractivity contribution in [3.8, 4) is 0 Å². The highest BCUT2D eigenvalue weighted by atomic mass is 16.5. The SMILES string of the molecule is Cc1nnc(N2CCCC(C(C)C)C2)n1CC1CCOCC1. The molecule has 1 atom stereocenters. The van der Waals surface area contributed by atoms with E-state index in [0.717, 1.165) is 69.3 Å². The molecule has 0 N–H and O–H groups in total. The van der Waals surface area contributed by atoms with Gasteiger partial charge < -0.3 is 9.64 Å². The third kappa shape index (κ3) is 3.45. The Morgan fingerprint density at radius 2 is 1.95 bits per heavy atom. The van der Waals surface area contributed by atoms with Gasteiger partial charge in [-0.1, -0.05) is 13.8 Å². The maximum Gasteiger partial charge on any atom is 0.227 e. The van der Waals surface area contributed by atoms with E-state index in [-0.39, 0.29) is 0 Å². The topological polar surface area (TPSA) is 43.2 Å². The van der Waals surface area contributed by atoms with Gasteiger partial charge in [0.05, 0.1) is 0 Å². The Labute approximate surface area is 134 Å². The number of nitrogens with zero attached hydrogens (tertiary/aromatic N) is 4. The van der Waals surface area contributed by atoms with Gasteiger partial charge >= 0.3 is 0 Å². The Morgan fingerprint density at radius 1 is 1.18 bits per heavy atom. The van der Waals surface area contributed by atoms with E-state index < -0.39 is 0 Å². The van der Waals surface area contributed by atoms with Gasteiger partial charge in [-0.05, 0) is 50.4 Å². The number of hydrogen-bond acceptors (Lipinski definition) is 4. The molecule has 0 bridgehead atoms. The summed E-state index contributed by atoms with van der Waals surface area (Å²) < 4.78 is 7.83. The molecular weight excluding hydrogens is 276 g/mol. The van der Waals surface area contributed by atoms with Crippen LogP contribution in [0.5, 0.6) is 0 Å². The summed E-state index contributed by atoms with van der Waals surface area (Å²) >= 11 is 0. The van der Waals surface area contributed by atoms with Gasteiger partial charge in [-0.15, -0.1) is 10.2 Å². The van der Waals surface area contributed by atoms with Crippen LogP contribution in [0.25, 0.3) is 0 Å². The second kappa shape index (κ2) is 6.99.